The van der Waals surface area contributed by atoms with Crippen molar-refractivity contribution in [3.05, 3.63) is 29.8 Å². The number of hydrogen-bond donors (Lipinski definition) is 1. The van der Waals surface area contributed by atoms with Gasteiger partial charge in [-0.3, -0.25) is 9.69 Å². The maximum absolute atomic E-state index is 11.9. The maximum atomic E-state index is 11.9. The van der Waals surface area contributed by atoms with Crippen LogP contribution >= 0.6 is 0 Å². The quantitative estimate of drug-likeness (QED) is 0.908. The summed E-state index contributed by atoms with van der Waals surface area (Å²) in [5.41, 5.74) is 0.131. The average Bonchev–Trinajstić information content (AvgIpc) is 3.05. The minimum Gasteiger partial charge on any atom is -0.490 e. The van der Waals surface area contributed by atoms with E-state index in [1.165, 1.54) is 31.2 Å². The molecule has 1 aliphatic heterocycles. The Bertz CT molecular complexity index is 583. The summed E-state index contributed by atoms with van der Waals surface area (Å²) in [7, 11) is 0. The van der Waals surface area contributed by atoms with Gasteiger partial charge in [0.05, 0.1) is 6.54 Å². The van der Waals surface area contributed by atoms with Crippen molar-refractivity contribution in [1.82, 2.24) is 9.80 Å². The molecule has 0 spiro atoms. The zero-order valence-electron chi connectivity index (χ0n) is 15.4. The van der Waals surface area contributed by atoms with Gasteiger partial charge in [0.25, 0.3) is 0 Å². The van der Waals surface area contributed by atoms with Crippen LogP contribution in [0.25, 0.3) is 0 Å². The van der Waals surface area contributed by atoms with E-state index in [1.54, 1.807) is 11.8 Å². The molecule has 1 heterocycles. The molecule has 0 bridgehead atoms. The summed E-state index contributed by atoms with van der Waals surface area (Å²) in [6.07, 6.45) is 4.90. The number of ether oxygens (including phenoxy) is 1. The van der Waals surface area contributed by atoms with Crippen LogP contribution in [-0.2, 0) is 4.79 Å². The number of hydrogen-bond acceptors (Lipinski definition) is 4. The molecule has 2 aliphatic rings. The van der Waals surface area contributed by atoms with Gasteiger partial charge in [-0.15, -0.1) is 0 Å². The number of aryl methyl sites for hydroxylation is 1. The van der Waals surface area contributed by atoms with Crippen molar-refractivity contribution < 1.29 is 14.6 Å². The van der Waals surface area contributed by atoms with Crippen LogP contribution in [0.5, 0.6) is 5.75 Å². The van der Waals surface area contributed by atoms with Crippen LogP contribution in [0, 0.1) is 6.92 Å². The van der Waals surface area contributed by atoms with Crippen LogP contribution in [0.15, 0.2) is 24.3 Å². The van der Waals surface area contributed by atoms with E-state index in [4.69, 9.17) is 4.74 Å². The zero-order chi connectivity index (χ0) is 17.9. The Morgan fingerprint density at radius 1 is 1.20 bits per heavy atom. The molecule has 1 aromatic rings. The van der Waals surface area contributed by atoms with E-state index < -0.39 is 5.60 Å². The highest BCUT2D eigenvalue weighted by Crippen LogP contribution is 2.27. The molecule has 1 atom stereocenters. The van der Waals surface area contributed by atoms with Crippen LogP contribution in [0.1, 0.15) is 38.2 Å². The van der Waals surface area contributed by atoms with E-state index in [2.05, 4.69) is 4.90 Å². The van der Waals surface area contributed by atoms with Crippen molar-refractivity contribution in [3.63, 3.8) is 0 Å². The van der Waals surface area contributed by atoms with Crippen LogP contribution in [0.3, 0.4) is 0 Å². The van der Waals surface area contributed by atoms with Gasteiger partial charge in [-0.25, -0.2) is 0 Å². The first-order valence-electron chi connectivity index (χ1n) is 9.37. The van der Waals surface area contributed by atoms with E-state index in [1.807, 2.05) is 31.2 Å². The lowest BCUT2D eigenvalue weighted by molar-refractivity contribution is -0.132. The predicted octanol–water partition coefficient (Wildman–Crippen LogP) is 2.21. The zero-order valence-corrected chi connectivity index (χ0v) is 15.4. The van der Waals surface area contributed by atoms with Gasteiger partial charge in [-0.05, 0) is 31.9 Å². The van der Waals surface area contributed by atoms with Gasteiger partial charge < -0.3 is 14.7 Å². The summed E-state index contributed by atoms with van der Waals surface area (Å²) >= 11 is 0. The summed E-state index contributed by atoms with van der Waals surface area (Å²) in [6.45, 7) is 6.21. The van der Waals surface area contributed by atoms with Crippen molar-refractivity contribution in [2.45, 2.75) is 51.2 Å². The SMILES string of the molecule is CC(=O)N1CCN(C2CCCC2)CC(O)(COc2ccc(C)cc2)C1. The van der Waals surface area contributed by atoms with Gasteiger partial charge in [-0.1, -0.05) is 30.5 Å². The second-order valence-electron chi connectivity index (χ2n) is 7.68. The molecule has 5 nitrogen and oxygen atoms in total. The fourth-order valence-corrected chi connectivity index (χ4v) is 3.98. The Morgan fingerprint density at radius 2 is 1.88 bits per heavy atom. The van der Waals surface area contributed by atoms with Gasteiger partial charge in [0, 0.05) is 32.6 Å². The van der Waals surface area contributed by atoms with Crippen molar-refractivity contribution in [2.24, 2.45) is 0 Å². The number of amides is 1. The normalized spacial score (nSPS) is 25.8. The van der Waals surface area contributed by atoms with Gasteiger partial charge in [0.1, 0.15) is 18.0 Å². The molecule has 1 unspecified atom stereocenters. The summed E-state index contributed by atoms with van der Waals surface area (Å²) in [5, 5.41) is 11.3. The van der Waals surface area contributed by atoms with Crippen molar-refractivity contribution in [2.75, 3.05) is 32.8 Å². The fraction of sp³-hybridized carbons (Fsp3) is 0.650. The van der Waals surface area contributed by atoms with Gasteiger partial charge in [0.2, 0.25) is 5.91 Å². The van der Waals surface area contributed by atoms with E-state index in [9.17, 15) is 9.90 Å². The first kappa shape index (κ1) is 18.2. The first-order valence-corrected chi connectivity index (χ1v) is 9.37. The maximum Gasteiger partial charge on any atom is 0.219 e. The van der Waals surface area contributed by atoms with Gasteiger partial charge >= 0.3 is 0 Å². The summed E-state index contributed by atoms with van der Waals surface area (Å²) in [5.74, 6) is 0.770. The molecule has 3 rings (SSSR count). The molecular weight excluding hydrogens is 316 g/mol. The molecule has 1 amide bonds. The van der Waals surface area contributed by atoms with Gasteiger partial charge in [-0.2, -0.15) is 0 Å². The Kier molecular flexibility index (Phi) is 5.64. The lowest BCUT2D eigenvalue weighted by atomic mass is 10.0. The second kappa shape index (κ2) is 7.75. The largest absolute Gasteiger partial charge is 0.490 e. The minimum absolute atomic E-state index is 0.0158. The summed E-state index contributed by atoms with van der Waals surface area (Å²) < 4.78 is 5.88. The van der Waals surface area contributed by atoms with E-state index in [0.717, 1.165) is 12.3 Å². The highest BCUT2D eigenvalue weighted by atomic mass is 16.5. The number of benzene rings is 1. The first-order chi connectivity index (χ1) is 12.0. The second-order valence-corrected chi connectivity index (χ2v) is 7.68. The molecule has 0 aromatic heterocycles. The number of nitrogens with zero attached hydrogens (tertiary/aromatic N) is 2. The number of β-amino-alcohol motifs (C(OH)–C–C–N with tert-alkyl or cyclic N) is 1. The molecule has 25 heavy (non-hydrogen) atoms. The monoisotopic (exact) mass is 346 g/mol. The van der Waals surface area contributed by atoms with Crippen molar-refractivity contribution >= 4 is 5.91 Å². The highest BCUT2D eigenvalue weighted by molar-refractivity contribution is 5.73. The summed E-state index contributed by atoms with van der Waals surface area (Å²) in [4.78, 5) is 16.1. The molecular formula is C20H30N2O3. The third-order valence-corrected chi connectivity index (χ3v) is 5.45. The molecule has 1 aromatic carbocycles. The highest BCUT2D eigenvalue weighted by Gasteiger charge is 2.39. The Hall–Kier alpha value is -1.59. The lowest BCUT2D eigenvalue weighted by Crippen LogP contribution is -2.53. The van der Waals surface area contributed by atoms with Crippen LogP contribution in [-0.4, -0.2) is 65.2 Å². The Balaban J connectivity index is 1.71. The molecule has 5 heteroatoms. The number of carbonyl (C=O) groups excluding carboxylic acids is 1. The number of rotatable bonds is 4. The Morgan fingerprint density at radius 3 is 2.52 bits per heavy atom. The molecule has 138 valence electrons. The van der Waals surface area contributed by atoms with Crippen molar-refractivity contribution in [3.8, 4) is 5.75 Å². The van der Waals surface area contributed by atoms with E-state index in [-0.39, 0.29) is 12.5 Å². The van der Waals surface area contributed by atoms with Crippen LogP contribution in [0.2, 0.25) is 0 Å². The topological polar surface area (TPSA) is 53.0 Å². The number of aliphatic hydroxyl groups is 1. The average molecular weight is 346 g/mol. The predicted molar refractivity (Wildman–Crippen MR) is 97.7 cm³/mol. The third kappa shape index (κ3) is 4.73. The van der Waals surface area contributed by atoms with Crippen LogP contribution in [0.4, 0.5) is 0 Å². The van der Waals surface area contributed by atoms with E-state index >= 15 is 0 Å². The number of carbonyl (C=O) groups is 1. The molecule has 0 radical (unpaired) electrons. The standard InChI is InChI=1S/C20H30N2O3/c1-16-7-9-19(10-8-16)25-15-20(24)13-21(17(2)23)11-12-22(14-20)18-5-3-4-6-18/h7-10,18,24H,3-6,11-15H2,1-2H3. The molecule has 1 aliphatic carbocycles. The molecule has 2 fully saturated rings. The van der Waals surface area contributed by atoms with Crippen LogP contribution < -0.4 is 4.74 Å². The molecule has 1 saturated carbocycles. The lowest BCUT2D eigenvalue weighted by Gasteiger charge is -2.35. The Labute approximate surface area is 150 Å². The van der Waals surface area contributed by atoms with E-state index in [0.29, 0.717) is 25.7 Å². The summed E-state index contributed by atoms with van der Waals surface area (Å²) in [6, 6.07) is 8.37. The molecule has 1 saturated heterocycles. The van der Waals surface area contributed by atoms with Crippen molar-refractivity contribution in [1.29, 1.82) is 0 Å². The van der Waals surface area contributed by atoms with Gasteiger partial charge in [0.15, 0.2) is 0 Å². The molecule has 1 N–H and O–H groups in total. The minimum atomic E-state index is -1.05. The third-order valence-electron chi connectivity index (χ3n) is 5.45. The smallest absolute Gasteiger partial charge is 0.219 e. The fourth-order valence-electron chi connectivity index (χ4n) is 3.98.